The van der Waals surface area contributed by atoms with Gasteiger partial charge in [0.15, 0.2) is 11.5 Å². The molecule has 0 bridgehead atoms. The zero-order valence-corrected chi connectivity index (χ0v) is 22.8. The first kappa shape index (κ1) is 27.6. The van der Waals surface area contributed by atoms with E-state index in [1.807, 2.05) is 32.0 Å². The van der Waals surface area contributed by atoms with E-state index in [9.17, 15) is 18.4 Å². The number of carbonyl (C=O) groups is 2. The van der Waals surface area contributed by atoms with Crippen LogP contribution in [0.2, 0.25) is 5.02 Å². The number of hydrogen-bond acceptors (Lipinski definition) is 6. The molecule has 0 atom stereocenters. The summed E-state index contributed by atoms with van der Waals surface area (Å²) < 4.78 is 38.0. The third-order valence-corrected chi connectivity index (χ3v) is 7.92. The molecule has 3 aromatic rings. The molecule has 0 saturated carbocycles. The van der Waals surface area contributed by atoms with Gasteiger partial charge in [0.25, 0.3) is 0 Å². The van der Waals surface area contributed by atoms with Crippen molar-refractivity contribution < 1.29 is 27.6 Å². The molecule has 6 nitrogen and oxygen atoms in total. The van der Waals surface area contributed by atoms with Gasteiger partial charge in [0, 0.05) is 67.4 Å². The Morgan fingerprint density at radius 1 is 1.10 bits per heavy atom. The molecule has 3 heterocycles. The van der Waals surface area contributed by atoms with Gasteiger partial charge in [0.2, 0.25) is 0 Å². The summed E-state index contributed by atoms with van der Waals surface area (Å²) in [7, 11) is 0. The minimum Gasteiger partial charge on any atom is -0.381 e. The number of halogens is 3. The van der Waals surface area contributed by atoms with E-state index in [1.54, 1.807) is 6.07 Å². The fraction of sp³-hybridized carbons (Fsp3) is 0.433. The van der Waals surface area contributed by atoms with E-state index in [0.717, 1.165) is 37.5 Å². The summed E-state index contributed by atoms with van der Waals surface area (Å²) in [6.07, 6.45) is 0.696. The second-order valence-electron chi connectivity index (χ2n) is 11.7. The number of nitrogens with zero attached hydrogens (tertiary/aromatic N) is 2. The van der Waals surface area contributed by atoms with E-state index >= 15 is 0 Å². The van der Waals surface area contributed by atoms with Gasteiger partial charge >= 0.3 is 0 Å². The summed E-state index contributed by atoms with van der Waals surface area (Å²) >= 11 is 6.18. The van der Waals surface area contributed by atoms with Crippen molar-refractivity contribution >= 4 is 23.2 Å². The van der Waals surface area contributed by atoms with E-state index in [0.29, 0.717) is 30.5 Å². The fourth-order valence-corrected chi connectivity index (χ4v) is 5.90. The SMILES string of the molecule is CC(C)(CC(=O)CC1(CC(=O)c2cc(-c3ccc(F)cc3F)on2)CN(CC2COC2)C1)c1cccc(Cl)c1. The first-order valence-corrected chi connectivity index (χ1v) is 13.4. The minimum atomic E-state index is -0.802. The summed E-state index contributed by atoms with van der Waals surface area (Å²) in [5.74, 6) is -1.19. The Kier molecular flexibility index (Phi) is 7.73. The maximum absolute atomic E-state index is 14.2. The topological polar surface area (TPSA) is 72.6 Å². The molecule has 2 aromatic carbocycles. The van der Waals surface area contributed by atoms with Gasteiger partial charge in [-0.05, 0) is 35.2 Å². The number of aromatic nitrogens is 1. The van der Waals surface area contributed by atoms with Crippen LogP contribution in [0.25, 0.3) is 11.3 Å². The summed E-state index contributed by atoms with van der Waals surface area (Å²) in [6, 6.07) is 12.0. The summed E-state index contributed by atoms with van der Waals surface area (Å²) in [5, 5.41) is 4.48. The molecule has 1 aromatic heterocycles. The van der Waals surface area contributed by atoms with Crippen LogP contribution in [0.4, 0.5) is 8.78 Å². The molecule has 206 valence electrons. The average Bonchev–Trinajstić information content (AvgIpc) is 3.29. The lowest BCUT2D eigenvalue weighted by atomic mass is 9.69. The van der Waals surface area contributed by atoms with Crippen molar-refractivity contribution in [1.82, 2.24) is 10.1 Å². The van der Waals surface area contributed by atoms with E-state index in [-0.39, 0.29) is 41.4 Å². The molecular weight excluding hydrogens is 526 g/mol. The highest BCUT2D eigenvalue weighted by Gasteiger charge is 2.47. The highest BCUT2D eigenvalue weighted by molar-refractivity contribution is 6.30. The highest BCUT2D eigenvalue weighted by Crippen LogP contribution is 2.41. The number of likely N-dealkylation sites (tertiary alicyclic amines) is 1. The quantitative estimate of drug-likeness (QED) is 0.265. The fourth-order valence-electron chi connectivity index (χ4n) is 5.71. The Labute approximate surface area is 231 Å². The molecule has 0 spiro atoms. The summed E-state index contributed by atoms with van der Waals surface area (Å²) in [6.45, 7) is 7.61. The van der Waals surface area contributed by atoms with Crippen LogP contribution in [0.3, 0.4) is 0 Å². The maximum Gasteiger partial charge on any atom is 0.185 e. The number of ether oxygens (including phenoxy) is 1. The maximum atomic E-state index is 14.2. The molecule has 39 heavy (non-hydrogen) atoms. The Hall–Kier alpha value is -2.94. The summed E-state index contributed by atoms with van der Waals surface area (Å²) in [5.41, 5.74) is 0.125. The number of ketones is 2. The van der Waals surface area contributed by atoms with Gasteiger partial charge in [0.1, 0.15) is 23.1 Å². The lowest BCUT2D eigenvalue weighted by molar-refractivity contribution is -0.128. The largest absolute Gasteiger partial charge is 0.381 e. The standard InChI is InChI=1S/C30H31ClF2N2O4/c1-29(2,20-4-3-5-21(31)8-20)11-23(36)12-30(17-35(18-30)14-19-15-38-16-19)13-27(37)26-10-28(39-34-26)24-7-6-22(32)9-25(24)33/h3-10,19H,11-18H2,1-2H3. The highest BCUT2D eigenvalue weighted by atomic mass is 35.5. The zero-order valence-electron chi connectivity index (χ0n) is 22.0. The van der Waals surface area contributed by atoms with Crippen LogP contribution < -0.4 is 0 Å². The molecular formula is C30H31ClF2N2O4. The molecule has 0 N–H and O–H groups in total. The van der Waals surface area contributed by atoms with E-state index in [1.165, 1.54) is 12.1 Å². The molecule has 2 saturated heterocycles. The summed E-state index contributed by atoms with van der Waals surface area (Å²) in [4.78, 5) is 29.0. The molecule has 5 rings (SSSR count). The Morgan fingerprint density at radius 2 is 1.87 bits per heavy atom. The van der Waals surface area contributed by atoms with Gasteiger partial charge in [0.05, 0.1) is 18.8 Å². The molecule has 0 radical (unpaired) electrons. The second-order valence-corrected chi connectivity index (χ2v) is 12.1. The van der Waals surface area contributed by atoms with Crippen molar-refractivity contribution in [1.29, 1.82) is 0 Å². The molecule has 9 heteroatoms. The first-order valence-electron chi connectivity index (χ1n) is 13.1. The lowest BCUT2D eigenvalue weighted by Gasteiger charge is -2.51. The van der Waals surface area contributed by atoms with Gasteiger partial charge in [-0.3, -0.25) is 9.59 Å². The van der Waals surface area contributed by atoms with Crippen LogP contribution >= 0.6 is 11.6 Å². The van der Waals surface area contributed by atoms with Crippen molar-refractivity contribution in [2.45, 2.75) is 38.5 Å². The Balaban J connectivity index is 1.29. The van der Waals surface area contributed by atoms with Gasteiger partial charge in [-0.25, -0.2) is 8.78 Å². The third kappa shape index (κ3) is 6.29. The molecule has 0 unspecified atom stereocenters. The predicted molar refractivity (Wildman–Crippen MR) is 143 cm³/mol. The van der Waals surface area contributed by atoms with Gasteiger partial charge < -0.3 is 14.2 Å². The van der Waals surface area contributed by atoms with Crippen molar-refractivity contribution in [2.24, 2.45) is 11.3 Å². The van der Waals surface area contributed by atoms with Crippen molar-refractivity contribution in [3.8, 4) is 11.3 Å². The average molecular weight is 557 g/mol. The first-order chi connectivity index (χ1) is 18.5. The molecule has 0 amide bonds. The van der Waals surface area contributed by atoms with Crippen molar-refractivity contribution in [2.75, 3.05) is 32.8 Å². The predicted octanol–water partition coefficient (Wildman–Crippen LogP) is 6.12. The van der Waals surface area contributed by atoms with Crippen LogP contribution in [-0.4, -0.2) is 54.5 Å². The lowest BCUT2D eigenvalue weighted by Crippen LogP contribution is -2.60. The third-order valence-electron chi connectivity index (χ3n) is 7.69. The van der Waals surface area contributed by atoms with Crippen LogP contribution in [0.5, 0.6) is 0 Å². The number of rotatable bonds is 11. The number of hydrogen-bond donors (Lipinski definition) is 0. The smallest absolute Gasteiger partial charge is 0.185 e. The monoisotopic (exact) mass is 556 g/mol. The van der Waals surface area contributed by atoms with E-state index in [4.69, 9.17) is 20.9 Å². The van der Waals surface area contributed by atoms with Gasteiger partial charge in [-0.1, -0.05) is 42.7 Å². The Morgan fingerprint density at radius 3 is 2.54 bits per heavy atom. The number of benzene rings is 2. The van der Waals surface area contributed by atoms with Crippen molar-refractivity contribution in [3.05, 3.63) is 76.4 Å². The van der Waals surface area contributed by atoms with Crippen LogP contribution in [0, 0.1) is 23.0 Å². The zero-order chi connectivity index (χ0) is 27.8. The van der Waals surface area contributed by atoms with Gasteiger partial charge in [-0.15, -0.1) is 0 Å². The molecule has 2 aliphatic rings. The Bertz CT molecular complexity index is 1380. The second kappa shape index (κ2) is 10.9. The number of carbonyl (C=O) groups excluding carboxylic acids is 2. The van der Waals surface area contributed by atoms with Gasteiger partial charge in [-0.2, -0.15) is 0 Å². The van der Waals surface area contributed by atoms with Crippen LogP contribution in [0.1, 0.15) is 49.2 Å². The van der Waals surface area contributed by atoms with E-state index in [2.05, 4.69) is 10.1 Å². The van der Waals surface area contributed by atoms with Crippen LogP contribution in [-0.2, 0) is 14.9 Å². The van der Waals surface area contributed by atoms with Crippen LogP contribution in [0.15, 0.2) is 53.1 Å². The molecule has 2 fully saturated rings. The normalized spacial score (nSPS) is 17.5. The minimum absolute atomic E-state index is 0.0219. The molecule has 0 aliphatic carbocycles. The molecule has 2 aliphatic heterocycles. The number of Topliss-reactive ketones (excluding diaryl/α,β-unsaturated/α-hetero) is 2. The van der Waals surface area contributed by atoms with Crippen molar-refractivity contribution in [3.63, 3.8) is 0 Å². The van der Waals surface area contributed by atoms with E-state index < -0.39 is 22.5 Å².